The minimum Gasteiger partial charge on any atom is -0.352 e. The molecule has 1 aliphatic heterocycles. The van der Waals surface area contributed by atoms with Crippen LogP contribution in [-0.4, -0.2) is 63.7 Å². The zero-order chi connectivity index (χ0) is 17.2. The van der Waals surface area contributed by atoms with Crippen LogP contribution >= 0.6 is 0 Å². The summed E-state index contributed by atoms with van der Waals surface area (Å²) in [7, 11) is 1.15. The quantitative estimate of drug-likeness (QED) is 0.827. The Balaban J connectivity index is 1.97. The highest BCUT2D eigenvalue weighted by Crippen LogP contribution is 2.16. The van der Waals surface area contributed by atoms with Crippen molar-refractivity contribution in [2.75, 3.05) is 34.2 Å². The maximum Gasteiger partial charge on any atom is 0.251 e. The highest BCUT2D eigenvalue weighted by molar-refractivity contribution is 7.89. The molecule has 0 radical (unpaired) electrons. The van der Waals surface area contributed by atoms with Crippen LogP contribution in [0.5, 0.6) is 0 Å². The number of carbonyl (C=O) groups excluding carboxylic acids is 2. The van der Waals surface area contributed by atoms with E-state index in [-0.39, 0.29) is 22.6 Å². The summed E-state index contributed by atoms with van der Waals surface area (Å²) in [6, 6.07) is 5.80. The van der Waals surface area contributed by atoms with Crippen LogP contribution in [0.15, 0.2) is 29.2 Å². The molecule has 1 fully saturated rings. The fraction of sp³-hybridized carbons (Fsp3) is 0.467. The molecule has 1 heterocycles. The number of hydrogen-bond donors (Lipinski definition) is 1. The summed E-state index contributed by atoms with van der Waals surface area (Å²) in [5, 5.41) is 2.79. The van der Waals surface area contributed by atoms with Gasteiger partial charge in [0.2, 0.25) is 15.9 Å². The van der Waals surface area contributed by atoms with E-state index >= 15 is 0 Å². The first-order valence-electron chi connectivity index (χ1n) is 7.26. The summed E-state index contributed by atoms with van der Waals surface area (Å²) in [6.45, 7) is 1.06. The molecule has 8 heteroatoms. The van der Waals surface area contributed by atoms with E-state index in [1.54, 1.807) is 11.9 Å². The minimum absolute atomic E-state index is 0.0856. The number of amides is 2. The molecule has 126 valence electrons. The second-order valence-electron chi connectivity index (χ2n) is 5.87. The molecule has 1 saturated heterocycles. The van der Waals surface area contributed by atoms with Gasteiger partial charge in [-0.25, -0.2) is 12.7 Å². The molecule has 0 aliphatic carbocycles. The second kappa shape index (κ2) is 6.67. The van der Waals surface area contributed by atoms with Gasteiger partial charge in [-0.2, -0.15) is 0 Å². The highest BCUT2D eigenvalue weighted by atomic mass is 32.2. The fourth-order valence-corrected chi connectivity index (χ4v) is 3.32. The molecule has 0 bridgehead atoms. The Hall–Kier alpha value is -1.93. The Morgan fingerprint density at radius 3 is 2.39 bits per heavy atom. The van der Waals surface area contributed by atoms with Gasteiger partial charge in [-0.05, 0) is 24.3 Å². The zero-order valence-corrected chi connectivity index (χ0v) is 14.3. The zero-order valence-electron chi connectivity index (χ0n) is 13.4. The molecule has 2 rings (SSSR count). The van der Waals surface area contributed by atoms with Gasteiger partial charge in [-0.3, -0.25) is 9.59 Å². The first-order valence-corrected chi connectivity index (χ1v) is 8.70. The molecule has 1 aliphatic rings. The summed E-state index contributed by atoms with van der Waals surface area (Å²) in [4.78, 5) is 25.3. The molecule has 0 spiro atoms. The largest absolute Gasteiger partial charge is 0.352 e. The minimum atomic E-state index is -3.50. The summed E-state index contributed by atoms with van der Waals surface area (Å²) in [5.74, 6) is -0.0758. The van der Waals surface area contributed by atoms with Gasteiger partial charge >= 0.3 is 0 Å². The van der Waals surface area contributed by atoms with Crippen molar-refractivity contribution in [2.24, 2.45) is 5.92 Å². The maximum atomic E-state index is 12.1. The van der Waals surface area contributed by atoms with Crippen molar-refractivity contribution < 1.29 is 18.0 Å². The lowest BCUT2D eigenvalue weighted by Crippen LogP contribution is -2.30. The predicted molar refractivity (Wildman–Crippen MR) is 85.4 cm³/mol. The van der Waals surface area contributed by atoms with Crippen molar-refractivity contribution in [2.45, 2.75) is 11.3 Å². The Morgan fingerprint density at radius 2 is 1.91 bits per heavy atom. The maximum absolute atomic E-state index is 12.1. The Labute approximate surface area is 136 Å². The van der Waals surface area contributed by atoms with E-state index in [1.165, 1.54) is 38.4 Å². The SMILES string of the molecule is CN1CC(CNC(=O)c2ccc(S(=O)(=O)N(C)C)cc2)CC1=O. The van der Waals surface area contributed by atoms with E-state index in [4.69, 9.17) is 0 Å². The van der Waals surface area contributed by atoms with Gasteiger partial charge in [0.25, 0.3) is 5.91 Å². The van der Waals surface area contributed by atoms with Crippen LogP contribution in [0, 0.1) is 5.92 Å². The molecular formula is C15H21N3O4S. The fourth-order valence-electron chi connectivity index (χ4n) is 2.42. The molecule has 0 saturated carbocycles. The molecule has 23 heavy (non-hydrogen) atoms. The molecule has 1 N–H and O–H groups in total. The van der Waals surface area contributed by atoms with Gasteiger partial charge < -0.3 is 10.2 Å². The molecule has 1 atom stereocenters. The van der Waals surface area contributed by atoms with E-state index in [1.807, 2.05) is 0 Å². The number of rotatable bonds is 5. The molecule has 7 nitrogen and oxygen atoms in total. The summed E-state index contributed by atoms with van der Waals surface area (Å²) in [5.41, 5.74) is 0.389. The standard InChI is InChI=1S/C15H21N3O4S/c1-17(2)23(21,22)13-6-4-12(5-7-13)15(20)16-9-11-8-14(19)18(3)10-11/h4-7,11H,8-10H2,1-3H3,(H,16,20). The van der Waals surface area contributed by atoms with Crippen LogP contribution in [0.4, 0.5) is 0 Å². The first-order chi connectivity index (χ1) is 10.7. The lowest BCUT2D eigenvalue weighted by molar-refractivity contribution is -0.126. The van der Waals surface area contributed by atoms with Crippen molar-refractivity contribution in [3.63, 3.8) is 0 Å². The van der Waals surface area contributed by atoms with E-state index in [0.717, 1.165) is 4.31 Å². The van der Waals surface area contributed by atoms with E-state index in [0.29, 0.717) is 25.1 Å². The van der Waals surface area contributed by atoms with Crippen LogP contribution in [0.1, 0.15) is 16.8 Å². The Kier molecular flexibility index (Phi) is 5.06. The third-order valence-corrected chi connectivity index (χ3v) is 5.70. The lowest BCUT2D eigenvalue weighted by Gasteiger charge is -2.13. The second-order valence-corrected chi connectivity index (χ2v) is 8.02. The first kappa shape index (κ1) is 17.4. The smallest absolute Gasteiger partial charge is 0.251 e. The van der Waals surface area contributed by atoms with Crippen molar-refractivity contribution >= 4 is 21.8 Å². The van der Waals surface area contributed by atoms with Crippen molar-refractivity contribution in [1.29, 1.82) is 0 Å². The normalized spacial score (nSPS) is 18.5. The van der Waals surface area contributed by atoms with Gasteiger partial charge in [0.15, 0.2) is 0 Å². The van der Waals surface area contributed by atoms with Crippen molar-refractivity contribution in [3.8, 4) is 0 Å². The molecular weight excluding hydrogens is 318 g/mol. The molecule has 2 amide bonds. The van der Waals surface area contributed by atoms with Gasteiger partial charge in [-0.1, -0.05) is 0 Å². The number of nitrogens with zero attached hydrogens (tertiary/aromatic N) is 2. The third kappa shape index (κ3) is 3.89. The highest BCUT2D eigenvalue weighted by Gasteiger charge is 2.27. The van der Waals surface area contributed by atoms with Crippen LogP contribution in [0.3, 0.4) is 0 Å². The van der Waals surface area contributed by atoms with E-state index < -0.39 is 10.0 Å². The average molecular weight is 339 g/mol. The monoisotopic (exact) mass is 339 g/mol. The van der Waals surface area contributed by atoms with Crippen LogP contribution in [0.25, 0.3) is 0 Å². The lowest BCUT2D eigenvalue weighted by atomic mass is 10.1. The van der Waals surface area contributed by atoms with Crippen molar-refractivity contribution in [3.05, 3.63) is 29.8 Å². The molecule has 0 aromatic heterocycles. The van der Waals surface area contributed by atoms with E-state index in [2.05, 4.69) is 5.32 Å². The molecule has 1 aromatic rings. The van der Waals surface area contributed by atoms with E-state index in [9.17, 15) is 18.0 Å². The van der Waals surface area contributed by atoms with Crippen LogP contribution < -0.4 is 5.32 Å². The third-order valence-electron chi connectivity index (χ3n) is 3.87. The summed E-state index contributed by atoms with van der Waals surface area (Å²) in [6.07, 6.45) is 0.441. The summed E-state index contributed by atoms with van der Waals surface area (Å²) < 4.78 is 25.0. The van der Waals surface area contributed by atoms with Gasteiger partial charge in [0.05, 0.1) is 4.90 Å². The van der Waals surface area contributed by atoms with Crippen LogP contribution in [0.2, 0.25) is 0 Å². The van der Waals surface area contributed by atoms with Crippen LogP contribution in [-0.2, 0) is 14.8 Å². The Morgan fingerprint density at radius 1 is 1.30 bits per heavy atom. The van der Waals surface area contributed by atoms with Gasteiger partial charge in [0, 0.05) is 52.1 Å². The number of benzene rings is 1. The Bertz CT molecular complexity index is 698. The van der Waals surface area contributed by atoms with Gasteiger partial charge in [-0.15, -0.1) is 0 Å². The number of carbonyl (C=O) groups is 2. The average Bonchev–Trinajstić information content (AvgIpc) is 2.83. The van der Waals surface area contributed by atoms with Gasteiger partial charge in [0.1, 0.15) is 0 Å². The topological polar surface area (TPSA) is 86.8 Å². The van der Waals surface area contributed by atoms with Crippen molar-refractivity contribution in [1.82, 2.24) is 14.5 Å². The molecule has 1 aromatic carbocycles. The number of likely N-dealkylation sites (tertiary alicyclic amines) is 1. The molecule has 1 unspecified atom stereocenters. The summed E-state index contributed by atoms with van der Waals surface area (Å²) >= 11 is 0. The number of sulfonamides is 1. The predicted octanol–water partition coefficient (Wildman–Crippen LogP) is 0.145. The number of hydrogen-bond acceptors (Lipinski definition) is 4. The number of nitrogens with one attached hydrogen (secondary N) is 1.